The van der Waals surface area contributed by atoms with Crippen molar-refractivity contribution in [3.63, 3.8) is 0 Å². The van der Waals surface area contributed by atoms with Gasteiger partial charge in [0.15, 0.2) is 5.79 Å². The molecule has 1 saturated heterocycles. The van der Waals surface area contributed by atoms with Crippen LogP contribution in [0.4, 0.5) is 0 Å². The van der Waals surface area contributed by atoms with Crippen LogP contribution in [0.1, 0.15) is 86.6 Å². The van der Waals surface area contributed by atoms with Gasteiger partial charge in [0.2, 0.25) is 0 Å². The Balaban J connectivity index is 1.92. The van der Waals surface area contributed by atoms with Gasteiger partial charge in [-0.2, -0.15) is 0 Å². The van der Waals surface area contributed by atoms with Crippen molar-refractivity contribution in [2.24, 2.45) is 35.5 Å². The highest BCUT2D eigenvalue weighted by Crippen LogP contribution is 2.33. The zero-order chi connectivity index (χ0) is 38.8. The smallest absolute Gasteiger partial charge is 0.330 e. The predicted octanol–water partition coefficient (Wildman–Crippen LogP) is 8.78. The molecule has 0 spiro atoms. The van der Waals surface area contributed by atoms with Crippen LogP contribution in [-0.2, 0) is 30.3 Å². The Hall–Kier alpha value is -3.01. The zero-order valence-corrected chi connectivity index (χ0v) is 33.4. The number of hydrogen-bond donors (Lipinski definition) is 2. The van der Waals surface area contributed by atoms with E-state index in [0.717, 1.165) is 24.2 Å². The number of carbonyl (C=O) groups is 1. The molecule has 1 aliphatic rings. The number of rotatable bonds is 22. The number of benzene rings is 1. The number of ether oxygens (including phenoxy) is 5. The number of aliphatic hydroxyl groups excluding tert-OH is 2. The molecule has 1 heterocycles. The fraction of sp³-hybridized carbons (Fsp3) is 0.614. The van der Waals surface area contributed by atoms with E-state index in [9.17, 15) is 15.0 Å². The second-order valence-electron chi connectivity index (χ2n) is 15.2. The number of hydrogen-bond acceptors (Lipinski definition) is 8. The highest BCUT2D eigenvalue weighted by Gasteiger charge is 2.36. The fourth-order valence-corrected chi connectivity index (χ4v) is 6.91. The van der Waals surface area contributed by atoms with Crippen LogP contribution in [0.15, 0.2) is 85.5 Å². The molecule has 1 aromatic carbocycles. The molecule has 2 N–H and O–H groups in total. The van der Waals surface area contributed by atoms with Crippen LogP contribution in [0.25, 0.3) is 0 Å². The SMILES string of the molecule is C=C/C=C\[C@H](C)[C@H](OCc1ccc(OC)cc1)[C@@H](C)[C@H](O)CC[C@H](C)C[C@H](C)[C@H](O)[C@H](C)/C=C\[C@@H]1C[C@@H]([C@H](C)/C=C/C=C\C(=O)OC)OC(C)(C)O1. The van der Waals surface area contributed by atoms with Gasteiger partial charge in [-0.25, -0.2) is 4.79 Å². The molecule has 0 aliphatic carbocycles. The molecule has 0 radical (unpaired) electrons. The highest BCUT2D eigenvalue weighted by molar-refractivity contribution is 5.82. The van der Waals surface area contributed by atoms with Gasteiger partial charge in [-0.15, -0.1) is 0 Å². The van der Waals surface area contributed by atoms with Crippen molar-refractivity contribution in [1.82, 2.24) is 0 Å². The molecule has 292 valence electrons. The normalized spacial score (nSPS) is 23.2. The third kappa shape index (κ3) is 15.9. The van der Waals surface area contributed by atoms with Gasteiger partial charge in [0.25, 0.3) is 0 Å². The van der Waals surface area contributed by atoms with Crippen LogP contribution in [0.5, 0.6) is 5.75 Å². The molecule has 1 aromatic rings. The van der Waals surface area contributed by atoms with Crippen molar-refractivity contribution in [1.29, 1.82) is 0 Å². The number of aliphatic hydroxyl groups is 2. The number of methoxy groups -OCH3 is 2. The first-order valence-corrected chi connectivity index (χ1v) is 19.0. The lowest BCUT2D eigenvalue weighted by molar-refractivity contribution is -0.295. The quantitative estimate of drug-likeness (QED) is 0.0530. The molecule has 1 aliphatic heterocycles. The first-order chi connectivity index (χ1) is 24.6. The highest BCUT2D eigenvalue weighted by atomic mass is 16.7. The van der Waals surface area contributed by atoms with Gasteiger partial charge in [-0.05, 0) is 62.6 Å². The molecule has 8 heteroatoms. The minimum atomic E-state index is -0.752. The van der Waals surface area contributed by atoms with E-state index in [1.165, 1.54) is 13.2 Å². The molecule has 1 fully saturated rings. The summed E-state index contributed by atoms with van der Waals surface area (Å²) in [4.78, 5) is 11.3. The van der Waals surface area contributed by atoms with Crippen LogP contribution in [0.3, 0.4) is 0 Å². The molecule has 0 bridgehead atoms. The molecular weight excluding hydrogens is 656 g/mol. The molecule has 2 rings (SSSR count). The van der Waals surface area contributed by atoms with Crippen LogP contribution in [0.2, 0.25) is 0 Å². The summed E-state index contributed by atoms with van der Waals surface area (Å²) in [5.74, 6) is 0.120. The number of allylic oxidation sites excluding steroid dienone is 4. The van der Waals surface area contributed by atoms with Crippen molar-refractivity contribution in [2.75, 3.05) is 14.2 Å². The van der Waals surface area contributed by atoms with Gasteiger partial charge >= 0.3 is 5.97 Å². The van der Waals surface area contributed by atoms with Gasteiger partial charge in [-0.1, -0.05) is 109 Å². The zero-order valence-electron chi connectivity index (χ0n) is 33.4. The molecular formula is C44H68O8. The molecule has 0 saturated carbocycles. The predicted molar refractivity (Wildman–Crippen MR) is 210 cm³/mol. The molecule has 8 nitrogen and oxygen atoms in total. The standard InChI is InChI=1S/C44H68O8/c1-12-13-16-33(5)43(50-29-36-21-24-37(48-10)25-22-36)35(7)39(45)26-19-30(2)27-34(6)42(47)32(4)20-23-38-28-40(52-44(8,9)51-38)31(3)17-14-15-18-41(46)49-11/h12-18,20-25,30-35,38-40,42-43,45,47H,1,19,26-29H2,2-11H3/b16-13-,17-14+,18-15-,23-20-/t30-,31+,32+,33-,34-,35-,38+,39+,40-,42+,43-/m0/s1. The maximum Gasteiger partial charge on any atom is 0.330 e. The van der Waals surface area contributed by atoms with Crippen LogP contribution in [-0.4, -0.2) is 66.7 Å². The number of carbonyl (C=O) groups excluding carboxylic acids is 1. The number of esters is 1. The van der Waals surface area contributed by atoms with Crippen LogP contribution in [0, 0.1) is 35.5 Å². The minimum Gasteiger partial charge on any atom is -0.497 e. The third-order valence-corrected chi connectivity index (χ3v) is 10.2. The Morgan fingerprint density at radius 1 is 0.942 bits per heavy atom. The summed E-state index contributed by atoms with van der Waals surface area (Å²) >= 11 is 0. The van der Waals surface area contributed by atoms with Gasteiger partial charge in [0.05, 0.1) is 51.3 Å². The molecule has 11 atom stereocenters. The molecule has 52 heavy (non-hydrogen) atoms. The maximum atomic E-state index is 11.3. The Morgan fingerprint density at radius 3 is 2.27 bits per heavy atom. The summed E-state index contributed by atoms with van der Waals surface area (Å²) < 4.78 is 28.8. The lowest BCUT2D eigenvalue weighted by Gasteiger charge is -2.41. The van der Waals surface area contributed by atoms with E-state index in [4.69, 9.17) is 18.9 Å². The Morgan fingerprint density at radius 2 is 1.63 bits per heavy atom. The second kappa shape index (κ2) is 22.9. The van der Waals surface area contributed by atoms with Crippen LogP contribution < -0.4 is 4.74 Å². The van der Waals surface area contributed by atoms with Crippen molar-refractivity contribution >= 4 is 5.97 Å². The van der Waals surface area contributed by atoms with E-state index in [1.807, 2.05) is 63.3 Å². The van der Waals surface area contributed by atoms with Gasteiger partial charge in [-0.3, -0.25) is 0 Å². The Kier molecular flexibility index (Phi) is 19.9. The van der Waals surface area contributed by atoms with Crippen molar-refractivity contribution in [3.05, 3.63) is 91.1 Å². The molecule has 0 unspecified atom stereocenters. The van der Waals surface area contributed by atoms with Crippen LogP contribution >= 0.6 is 0 Å². The van der Waals surface area contributed by atoms with Gasteiger partial charge < -0.3 is 33.9 Å². The monoisotopic (exact) mass is 724 g/mol. The minimum absolute atomic E-state index is 0.0599. The summed E-state index contributed by atoms with van der Waals surface area (Å²) in [6.45, 7) is 20.7. The summed E-state index contributed by atoms with van der Waals surface area (Å²) in [6.07, 6.45) is 18.4. The topological polar surface area (TPSA) is 104 Å². The average molecular weight is 725 g/mol. The van der Waals surface area contributed by atoms with E-state index in [1.54, 1.807) is 19.3 Å². The first-order valence-electron chi connectivity index (χ1n) is 19.0. The van der Waals surface area contributed by atoms with E-state index in [2.05, 4.69) is 64.2 Å². The van der Waals surface area contributed by atoms with E-state index >= 15 is 0 Å². The van der Waals surface area contributed by atoms with E-state index in [-0.39, 0.29) is 47.9 Å². The summed E-state index contributed by atoms with van der Waals surface area (Å²) in [6, 6.07) is 7.86. The fourth-order valence-electron chi connectivity index (χ4n) is 6.91. The Bertz CT molecular complexity index is 1300. The second-order valence-corrected chi connectivity index (χ2v) is 15.2. The first kappa shape index (κ1) is 45.1. The van der Waals surface area contributed by atoms with Gasteiger partial charge in [0, 0.05) is 36.2 Å². The Labute approximate surface area is 314 Å². The molecule has 0 aromatic heterocycles. The third-order valence-electron chi connectivity index (χ3n) is 10.2. The van der Waals surface area contributed by atoms with E-state index < -0.39 is 24.0 Å². The average Bonchev–Trinajstić information content (AvgIpc) is 3.12. The summed E-state index contributed by atoms with van der Waals surface area (Å²) in [5, 5.41) is 22.6. The van der Waals surface area contributed by atoms with Crippen molar-refractivity contribution < 1.29 is 38.7 Å². The maximum absolute atomic E-state index is 11.3. The lowest BCUT2D eigenvalue weighted by Crippen LogP contribution is -2.46. The van der Waals surface area contributed by atoms with Crippen molar-refractivity contribution in [2.45, 2.75) is 124 Å². The van der Waals surface area contributed by atoms with Crippen molar-refractivity contribution in [3.8, 4) is 5.75 Å². The largest absolute Gasteiger partial charge is 0.497 e. The van der Waals surface area contributed by atoms with Gasteiger partial charge in [0.1, 0.15) is 5.75 Å². The summed E-state index contributed by atoms with van der Waals surface area (Å²) in [7, 11) is 3.01. The van der Waals surface area contributed by atoms with E-state index in [0.29, 0.717) is 25.4 Å². The molecule has 0 amide bonds. The summed E-state index contributed by atoms with van der Waals surface area (Å²) in [5.41, 5.74) is 1.05. The lowest BCUT2D eigenvalue weighted by atomic mass is 9.82.